The topological polar surface area (TPSA) is 29.8 Å². The Balaban J connectivity index is 1.54. The number of rotatable bonds is 3. The van der Waals surface area contributed by atoms with Crippen LogP contribution in [0.15, 0.2) is 54.7 Å². The molecule has 0 spiro atoms. The predicted octanol–water partition coefficient (Wildman–Crippen LogP) is 3.22. The van der Waals surface area contributed by atoms with Gasteiger partial charge in [-0.2, -0.15) is 0 Å². The lowest BCUT2D eigenvalue weighted by molar-refractivity contribution is -0.0331. The van der Waals surface area contributed by atoms with Crippen LogP contribution in [0.25, 0.3) is 5.52 Å². The molecular formula is C19H21N3O. The van der Waals surface area contributed by atoms with E-state index in [-0.39, 0.29) is 6.10 Å². The van der Waals surface area contributed by atoms with Gasteiger partial charge in [0.25, 0.3) is 0 Å². The smallest absolute Gasteiger partial charge is 0.110 e. The van der Waals surface area contributed by atoms with Gasteiger partial charge in [0.05, 0.1) is 23.9 Å². The van der Waals surface area contributed by atoms with E-state index in [0.717, 1.165) is 37.8 Å². The molecule has 3 heterocycles. The van der Waals surface area contributed by atoms with Crippen molar-refractivity contribution in [2.75, 3.05) is 19.7 Å². The quantitative estimate of drug-likeness (QED) is 0.744. The molecule has 1 aliphatic rings. The highest BCUT2D eigenvalue weighted by Crippen LogP contribution is 2.24. The maximum atomic E-state index is 5.96. The van der Waals surface area contributed by atoms with Crippen molar-refractivity contribution in [3.8, 4) is 0 Å². The van der Waals surface area contributed by atoms with Crippen molar-refractivity contribution < 1.29 is 4.74 Å². The molecular weight excluding hydrogens is 286 g/mol. The molecule has 0 N–H and O–H groups in total. The molecule has 1 fully saturated rings. The van der Waals surface area contributed by atoms with E-state index in [9.17, 15) is 0 Å². The van der Waals surface area contributed by atoms with Crippen LogP contribution in [-0.4, -0.2) is 34.0 Å². The second-order valence-electron chi connectivity index (χ2n) is 6.07. The SMILES string of the molecule is Cc1nc(CN2CCO[C@@H](c3ccccc3)C2)c2ccccn12. The van der Waals surface area contributed by atoms with Crippen LogP contribution in [0.4, 0.5) is 0 Å². The number of fused-ring (bicyclic) bond motifs is 1. The monoisotopic (exact) mass is 307 g/mol. The lowest BCUT2D eigenvalue weighted by atomic mass is 10.1. The number of ether oxygens (including phenoxy) is 1. The fraction of sp³-hybridized carbons (Fsp3) is 0.316. The Morgan fingerprint density at radius 3 is 2.83 bits per heavy atom. The number of morpholine rings is 1. The fourth-order valence-corrected chi connectivity index (χ4v) is 3.31. The maximum Gasteiger partial charge on any atom is 0.110 e. The van der Waals surface area contributed by atoms with Gasteiger partial charge in [0.15, 0.2) is 0 Å². The second kappa shape index (κ2) is 6.14. The highest BCUT2D eigenvalue weighted by molar-refractivity contribution is 5.53. The van der Waals surface area contributed by atoms with E-state index in [0.29, 0.717) is 0 Å². The largest absolute Gasteiger partial charge is 0.371 e. The minimum atomic E-state index is 0.153. The van der Waals surface area contributed by atoms with Gasteiger partial charge in [-0.1, -0.05) is 36.4 Å². The van der Waals surface area contributed by atoms with Crippen LogP contribution in [0.2, 0.25) is 0 Å². The summed E-state index contributed by atoms with van der Waals surface area (Å²) >= 11 is 0. The average molecular weight is 307 g/mol. The second-order valence-corrected chi connectivity index (χ2v) is 6.07. The first-order valence-corrected chi connectivity index (χ1v) is 8.13. The molecule has 3 aromatic rings. The number of imidazole rings is 1. The van der Waals surface area contributed by atoms with E-state index in [2.05, 4.69) is 58.8 Å². The van der Waals surface area contributed by atoms with E-state index in [1.54, 1.807) is 0 Å². The molecule has 1 aromatic carbocycles. The fourth-order valence-electron chi connectivity index (χ4n) is 3.31. The van der Waals surface area contributed by atoms with Crippen LogP contribution in [-0.2, 0) is 11.3 Å². The lowest BCUT2D eigenvalue weighted by Crippen LogP contribution is -2.37. The van der Waals surface area contributed by atoms with Crippen molar-refractivity contribution in [2.45, 2.75) is 19.6 Å². The normalized spacial score (nSPS) is 19.3. The van der Waals surface area contributed by atoms with Gasteiger partial charge >= 0.3 is 0 Å². The minimum Gasteiger partial charge on any atom is -0.371 e. The summed E-state index contributed by atoms with van der Waals surface area (Å²) in [7, 11) is 0. The van der Waals surface area contributed by atoms with Crippen molar-refractivity contribution in [1.29, 1.82) is 0 Å². The zero-order valence-corrected chi connectivity index (χ0v) is 13.4. The summed E-state index contributed by atoms with van der Waals surface area (Å²) in [6, 6.07) is 16.7. The summed E-state index contributed by atoms with van der Waals surface area (Å²) in [5.74, 6) is 1.04. The van der Waals surface area contributed by atoms with Gasteiger partial charge < -0.3 is 9.14 Å². The molecule has 23 heavy (non-hydrogen) atoms. The Morgan fingerprint density at radius 2 is 1.96 bits per heavy atom. The Bertz CT molecular complexity index is 797. The number of aryl methyl sites for hydroxylation is 1. The van der Waals surface area contributed by atoms with Gasteiger partial charge in [-0.15, -0.1) is 0 Å². The van der Waals surface area contributed by atoms with E-state index in [1.807, 2.05) is 12.1 Å². The van der Waals surface area contributed by atoms with Gasteiger partial charge in [0, 0.05) is 25.8 Å². The molecule has 0 radical (unpaired) electrons. The van der Waals surface area contributed by atoms with Crippen LogP contribution < -0.4 is 0 Å². The highest BCUT2D eigenvalue weighted by atomic mass is 16.5. The molecule has 1 aliphatic heterocycles. The number of hydrogen-bond donors (Lipinski definition) is 0. The number of benzene rings is 1. The zero-order valence-electron chi connectivity index (χ0n) is 13.4. The summed E-state index contributed by atoms with van der Waals surface area (Å²) < 4.78 is 8.11. The lowest BCUT2D eigenvalue weighted by Gasteiger charge is -2.32. The van der Waals surface area contributed by atoms with Crippen molar-refractivity contribution in [1.82, 2.24) is 14.3 Å². The molecule has 118 valence electrons. The highest BCUT2D eigenvalue weighted by Gasteiger charge is 2.23. The van der Waals surface area contributed by atoms with Crippen LogP contribution in [0, 0.1) is 6.92 Å². The van der Waals surface area contributed by atoms with Crippen LogP contribution >= 0.6 is 0 Å². The summed E-state index contributed by atoms with van der Waals surface area (Å²) in [5, 5.41) is 0. The first-order valence-electron chi connectivity index (χ1n) is 8.13. The third-order valence-corrected chi connectivity index (χ3v) is 4.50. The van der Waals surface area contributed by atoms with Gasteiger partial charge in [-0.05, 0) is 24.6 Å². The molecule has 1 saturated heterocycles. The molecule has 4 rings (SSSR count). The molecule has 0 saturated carbocycles. The van der Waals surface area contributed by atoms with Gasteiger partial charge in [0.1, 0.15) is 5.82 Å². The number of nitrogens with zero attached hydrogens (tertiary/aromatic N) is 3. The minimum absolute atomic E-state index is 0.153. The molecule has 2 aromatic heterocycles. The molecule has 0 unspecified atom stereocenters. The average Bonchev–Trinajstić information content (AvgIpc) is 2.92. The number of hydrogen-bond acceptors (Lipinski definition) is 3. The molecule has 0 aliphatic carbocycles. The third kappa shape index (κ3) is 2.87. The van der Waals surface area contributed by atoms with Gasteiger partial charge in [0.2, 0.25) is 0 Å². The van der Waals surface area contributed by atoms with Crippen LogP contribution in [0.5, 0.6) is 0 Å². The van der Waals surface area contributed by atoms with E-state index < -0.39 is 0 Å². The Hall–Kier alpha value is -2.17. The van der Waals surface area contributed by atoms with Crippen LogP contribution in [0.3, 0.4) is 0 Å². The van der Waals surface area contributed by atoms with E-state index in [1.165, 1.54) is 11.1 Å². The predicted molar refractivity (Wildman–Crippen MR) is 90.3 cm³/mol. The first-order chi connectivity index (χ1) is 11.3. The van der Waals surface area contributed by atoms with Gasteiger partial charge in [-0.25, -0.2) is 4.98 Å². The van der Waals surface area contributed by atoms with Crippen molar-refractivity contribution in [3.05, 3.63) is 71.8 Å². The Morgan fingerprint density at radius 1 is 1.13 bits per heavy atom. The van der Waals surface area contributed by atoms with Crippen molar-refractivity contribution in [2.24, 2.45) is 0 Å². The van der Waals surface area contributed by atoms with Crippen molar-refractivity contribution in [3.63, 3.8) is 0 Å². The van der Waals surface area contributed by atoms with Crippen molar-refractivity contribution >= 4 is 5.52 Å². The summed E-state index contributed by atoms with van der Waals surface area (Å²) in [4.78, 5) is 7.20. The summed E-state index contributed by atoms with van der Waals surface area (Å²) in [5.41, 5.74) is 3.60. The first kappa shape index (κ1) is 14.4. The third-order valence-electron chi connectivity index (χ3n) is 4.50. The number of pyridine rings is 1. The number of aromatic nitrogens is 2. The summed E-state index contributed by atoms with van der Waals surface area (Å²) in [6.45, 7) is 5.56. The zero-order chi connectivity index (χ0) is 15.6. The summed E-state index contributed by atoms with van der Waals surface area (Å²) in [6.07, 6.45) is 2.23. The van der Waals surface area contributed by atoms with Gasteiger partial charge in [-0.3, -0.25) is 4.90 Å². The molecule has 0 amide bonds. The molecule has 0 bridgehead atoms. The Kier molecular flexibility index (Phi) is 3.85. The Labute approximate surface area is 136 Å². The van der Waals surface area contributed by atoms with E-state index >= 15 is 0 Å². The van der Waals surface area contributed by atoms with Crippen LogP contribution in [0.1, 0.15) is 23.2 Å². The maximum absolute atomic E-state index is 5.96. The molecule has 4 nitrogen and oxygen atoms in total. The molecule has 4 heteroatoms. The molecule has 1 atom stereocenters. The van der Waals surface area contributed by atoms with E-state index in [4.69, 9.17) is 9.72 Å². The standard InChI is InChI=1S/C19H21N3O/c1-15-20-17(18-9-5-6-10-22(15)18)13-21-11-12-23-19(14-21)16-7-3-2-4-8-16/h2-10,19H,11-14H2,1H3/t19-/m1/s1.